The average molecular weight is 197 g/mol. The lowest BCUT2D eigenvalue weighted by atomic mass is 9.95. The first-order valence-electron chi connectivity index (χ1n) is 5.38. The van der Waals surface area contributed by atoms with Crippen molar-refractivity contribution in [1.82, 2.24) is 0 Å². The van der Waals surface area contributed by atoms with E-state index in [2.05, 4.69) is 4.99 Å². The predicted molar refractivity (Wildman–Crippen MR) is 56.8 cm³/mol. The van der Waals surface area contributed by atoms with Crippen LogP contribution in [0.5, 0.6) is 0 Å². The van der Waals surface area contributed by atoms with Crippen molar-refractivity contribution in [3.63, 3.8) is 0 Å². The van der Waals surface area contributed by atoms with E-state index < -0.39 is 11.9 Å². The molecule has 1 atom stereocenters. The van der Waals surface area contributed by atoms with Crippen molar-refractivity contribution in [2.75, 3.05) is 0 Å². The highest BCUT2D eigenvalue weighted by molar-refractivity contribution is 5.99. The van der Waals surface area contributed by atoms with Crippen LogP contribution in [0.2, 0.25) is 0 Å². The third-order valence-electron chi connectivity index (χ3n) is 2.96. The lowest BCUT2D eigenvalue weighted by Crippen LogP contribution is -2.21. The van der Waals surface area contributed by atoms with Crippen LogP contribution in [-0.4, -0.2) is 22.8 Å². The lowest BCUT2D eigenvalue weighted by Gasteiger charge is -2.19. The molecule has 1 saturated carbocycles. The Hall–Kier alpha value is -0.860. The van der Waals surface area contributed by atoms with Crippen molar-refractivity contribution in [3.05, 3.63) is 0 Å². The number of aliphatic imine (C=N–C) groups is 1. The topological polar surface area (TPSA) is 49.7 Å². The summed E-state index contributed by atoms with van der Waals surface area (Å²) in [7, 11) is 0. The van der Waals surface area contributed by atoms with Gasteiger partial charge in [-0.3, -0.25) is 9.79 Å². The second kappa shape index (κ2) is 5.13. The molecule has 0 saturated heterocycles. The largest absolute Gasteiger partial charge is 0.481 e. The molecule has 0 heterocycles. The molecule has 1 aliphatic rings. The summed E-state index contributed by atoms with van der Waals surface area (Å²) >= 11 is 0. The van der Waals surface area contributed by atoms with Crippen LogP contribution in [0.3, 0.4) is 0 Å². The van der Waals surface area contributed by atoms with Gasteiger partial charge in [-0.05, 0) is 26.7 Å². The second-order valence-electron chi connectivity index (χ2n) is 4.12. The molecule has 1 unspecified atom stereocenters. The smallest absolute Gasteiger partial charge is 0.311 e. The molecule has 0 aromatic heterocycles. The highest BCUT2D eigenvalue weighted by atomic mass is 16.4. The van der Waals surface area contributed by atoms with Gasteiger partial charge in [-0.2, -0.15) is 0 Å². The molecule has 0 aromatic rings. The van der Waals surface area contributed by atoms with Gasteiger partial charge >= 0.3 is 5.97 Å². The predicted octanol–water partition coefficient (Wildman–Crippen LogP) is 2.50. The van der Waals surface area contributed by atoms with Crippen LogP contribution in [0.4, 0.5) is 0 Å². The number of carboxylic acid groups (broad SMARTS) is 1. The number of carbonyl (C=O) groups is 1. The first-order valence-corrected chi connectivity index (χ1v) is 5.38. The average Bonchev–Trinajstić information content (AvgIpc) is 2.18. The maximum atomic E-state index is 10.7. The Morgan fingerprint density at radius 2 is 1.93 bits per heavy atom. The molecule has 0 amide bonds. The first-order chi connectivity index (χ1) is 6.61. The maximum Gasteiger partial charge on any atom is 0.311 e. The van der Waals surface area contributed by atoms with Gasteiger partial charge in [0.1, 0.15) is 0 Å². The Balaban J connectivity index is 2.52. The fourth-order valence-corrected chi connectivity index (χ4v) is 1.79. The van der Waals surface area contributed by atoms with Gasteiger partial charge in [-0.25, -0.2) is 0 Å². The van der Waals surface area contributed by atoms with E-state index in [-0.39, 0.29) is 0 Å². The zero-order valence-corrected chi connectivity index (χ0v) is 8.99. The minimum atomic E-state index is -0.776. The number of carboxylic acids is 1. The fourth-order valence-electron chi connectivity index (χ4n) is 1.79. The minimum Gasteiger partial charge on any atom is -0.481 e. The molecular formula is C11H19NO2. The number of hydrogen-bond donors (Lipinski definition) is 1. The summed E-state index contributed by atoms with van der Waals surface area (Å²) in [4.78, 5) is 15.2. The molecular weight excluding hydrogens is 178 g/mol. The van der Waals surface area contributed by atoms with Crippen molar-refractivity contribution in [1.29, 1.82) is 0 Å². The maximum absolute atomic E-state index is 10.7. The molecule has 3 nitrogen and oxygen atoms in total. The normalized spacial score (nSPS) is 22.0. The molecule has 0 aromatic carbocycles. The standard InChI is InChI=1S/C11H19NO2/c1-8(11(13)14)9(2)12-10-6-4-3-5-7-10/h8,10H,3-7H2,1-2H3,(H,13,14)/b12-9-. The van der Waals surface area contributed by atoms with E-state index in [1.165, 1.54) is 19.3 Å². The van der Waals surface area contributed by atoms with Crippen molar-refractivity contribution >= 4 is 11.7 Å². The van der Waals surface area contributed by atoms with Gasteiger partial charge in [0, 0.05) is 11.8 Å². The zero-order chi connectivity index (χ0) is 10.6. The molecule has 0 bridgehead atoms. The molecule has 80 valence electrons. The van der Waals surface area contributed by atoms with Crippen LogP contribution in [0.25, 0.3) is 0 Å². The second-order valence-corrected chi connectivity index (χ2v) is 4.12. The Bertz CT molecular complexity index is 229. The van der Waals surface area contributed by atoms with Crippen LogP contribution < -0.4 is 0 Å². The van der Waals surface area contributed by atoms with Gasteiger partial charge in [0.25, 0.3) is 0 Å². The summed E-state index contributed by atoms with van der Waals surface area (Å²) in [5, 5.41) is 8.80. The zero-order valence-electron chi connectivity index (χ0n) is 8.99. The van der Waals surface area contributed by atoms with E-state index in [4.69, 9.17) is 5.11 Å². The van der Waals surface area contributed by atoms with Crippen LogP contribution >= 0.6 is 0 Å². The van der Waals surface area contributed by atoms with Crippen LogP contribution in [0.1, 0.15) is 46.0 Å². The Kier molecular flexibility index (Phi) is 4.11. The minimum absolute atomic E-state index is 0.380. The molecule has 0 aliphatic heterocycles. The van der Waals surface area contributed by atoms with Gasteiger partial charge < -0.3 is 5.11 Å². The lowest BCUT2D eigenvalue weighted by molar-refractivity contribution is -0.138. The van der Waals surface area contributed by atoms with E-state index in [0.29, 0.717) is 6.04 Å². The molecule has 1 fully saturated rings. The Morgan fingerprint density at radius 3 is 2.43 bits per heavy atom. The molecule has 0 spiro atoms. The summed E-state index contributed by atoms with van der Waals surface area (Å²) in [6, 6.07) is 0.380. The van der Waals surface area contributed by atoms with Crippen molar-refractivity contribution < 1.29 is 9.90 Å². The molecule has 0 radical (unpaired) electrons. The summed E-state index contributed by atoms with van der Waals surface area (Å²) in [6.45, 7) is 3.53. The van der Waals surface area contributed by atoms with Crippen LogP contribution in [0, 0.1) is 5.92 Å². The monoisotopic (exact) mass is 197 g/mol. The van der Waals surface area contributed by atoms with Crippen molar-refractivity contribution in [2.45, 2.75) is 52.0 Å². The number of aliphatic carboxylic acids is 1. The molecule has 1 aliphatic carbocycles. The SMILES string of the molecule is C/C(=N/C1CCCCC1)C(C)C(=O)O. The summed E-state index contributed by atoms with van der Waals surface area (Å²) < 4.78 is 0. The third kappa shape index (κ3) is 3.13. The van der Waals surface area contributed by atoms with E-state index in [1.807, 2.05) is 6.92 Å². The summed E-state index contributed by atoms with van der Waals surface area (Å²) in [6.07, 6.45) is 6.04. The van der Waals surface area contributed by atoms with Gasteiger partial charge in [0.05, 0.1) is 5.92 Å². The highest BCUT2D eigenvalue weighted by Crippen LogP contribution is 2.21. The summed E-state index contributed by atoms with van der Waals surface area (Å²) in [5.74, 6) is -1.21. The van der Waals surface area contributed by atoms with E-state index >= 15 is 0 Å². The number of nitrogens with zero attached hydrogens (tertiary/aromatic N) is 1. The molecule has 14 heavy (non-hydrogen) atoms. The van der Waals surface area contributed by atoms with Crippen LogP contribution in [0.15, 0.2) is 4.99 Å². The van der Waals surface area contributed by atoms with Crippen molar-refractivity contribution in [3.8, 4) is 0 Å². The molecule has 3 heteroatoms. The van der Waals surface area contributed by atoms with Gasteiger partial charge in [-0.1, -0.05) is 19.3 Å². The Labute approximate surface area is 85.2 Å². The fraction of sp³-hybridized carbons (Fsp3) is 0.818. The highest BCUT2D eigenvalue weighted by Gasteiger charge is 2.17. The van der Waals surface area contributed by atoms with E-state index in [0.717, 1.165) is 18.6 Å². The van der Waals surface area contributed by atoms with Crippen LogP contribution in [-0.2, 0) is 4.79 Å². The van der Waals surface area contributed by atoms with Crippen molar-refractivity contribution in [2.24, 2.45) is 10.9 Å². The quantitative estimate of drug-likeness (QED) is 0.707. The number of rotatable bonds is 3. The first kappa shape index (κ1) is 11.2. The molecule has 1 N–H and O–H groups in total. The summed E-state index contributed by atoms with van der Waals surface area (Å²) in [5.41, 5.74) is 0.768. The van der Waals surface area contributed by atoms with E-state index in [9.17, 15) is 4.79 Å². The third-order valence-corrected chi connectivity index (χ3v) is 2.96. The molecule has 1 rings (SSSR count). The Morgan fingerprint density at radius 1 is 1.36 bits per heavy atom. The van der Waals surface area contributed by atoms with Gasteiger partial charge in [0.2, 0.25) is 0 Å². The van der Waals surface area contributed by atoms with Gasteiger partial charge in [0.15, 0.2) is 0 Å². The van der Waals surface area contributed by atoms with E-state index in [1.54, 1.807) is 6.92 Å². The van der Waals surface area contributed by atoms with Gasteiger partial charge in [-0.15, -0.1) is 0 Å². The number of hydrogen-bond acceptors (Lipinski definition) is 2.